The zero-order valence-corrected chi connectivity index (χ0v) is 23.5. The number of hydrogen-bond donors (Lipinski definition) is 1. The summed E-state index contributed by atoms with van der Waals surface area (Å²) in [6.45, 7) is 0. The fourth-order valence-corrected chi connectivity index (χ4v) is 5.93. The molecule has 2 saturated carbocycles. The molecule has 0 bridgehead atoms. The van der Waals surface area contributed by atoms with Crippen molar-refractivity contribution >= 4 is 28.4 Å². The lowest BCUT2D eigenvalue weighted by atomic mass is 9.96. The Bertz CT molecular complexity index is 1750. The van der Waals surface area contributed by atoms with Gasteiger partial charge in [0.1, 0.15) is 5.82 Å². The van der Waals surface area contributed by atoms with Gasteiger partial charge >= 0.3 is 5.97 Å². The Hall–Kier alpha value is -3.72. The molecule has 6 rings (SSSR count). The van der Waals surface area contributed by atoms with Crippen molar-refractivity contribution in [2.24, 2.45) is 11.8 Å². The summed E-state index contributed by atoms with van der Waals surface area (Å²) in [5.41, 5.74) is 3.40. The molecule has 0 aliphatic heterocycles. The maximum absolute atomic E-state index is 14.7. The number of benzene rings is 2. The van der Waals surface area contributed by atoms with Crippen molar-refractivity contribution in [2.75, 3.05) is 0 Å². The first-order chi connectivity index (χ1) is 19.8. The van der Waals surface area contributed by atoms with Gasteiger partial charge in [0.25, 0.3) is 0 Å². The van der Waals surface area contributed by atoms with E-state index in [1.165, 1.54) is 23.6 Å². The van der Waals surface area contributed by atoms with Crippen molar-refractivity contribution in [3.8, 4) is 28.2 Å². The zero-order chi connectivity index (χ0) is 28.7. The Morgan fingerprint density at radius 2 is 1.90 bits per heavy atom. The van der Waals surface area contributed by atoms with Crippen molar-refractivity contribution in [1.82, 2.24) is 14.8 Å². The van der Waals surface area contributed by atoms with Gasteiger partial charge in [0.05, 0.1) is 28.0 Å². The Balaban J connectivity index is 1.49. The van der Waals surface area contributed by atoms with Crippen molar-refractivity contribution in [3.63, 3.8) is 0 Å². The number of carbonyl (C=O) groups is 1. The van der Waals surface area contributed by atoms with Crippen LogP contribution in [0.5, 0.6) is 0 Å². The molecule has 7 nitrogen and oxygen atoms in total. The number of aromatic carboxylic acids is 1. The first-order valence-electron chi connectivity index (χ1n) is 13.3. The van der Waals surface area contributed by atoms with Crippen LogP contribution in [0.1, 0.15) is 65.0 Å². The van der Waals surface area contributed by atoms with Crippen molar-refractivity contribution < 1.29 is 27.4 Å². The molecule has 0 spiro atoms. The lowest BCUT2D eigenvalue weighted by molar-refractivity contribution is 0.0691. The number of hydrogen-bond acceptors (Lipinski definition) is 6. The van der Waals surface area contributed by atoms with Gasteiger partial charge in [-0.05, 0) is 79.8 Å². The first-order valence-corrected chi connectivity index (χ1v) is 15.3. The molecule has 41 heavy (non-hydrogen) atoms. The van der Waals surface area contributed by atoms with Gasteiger partial charge in [-0.2, -0.15) is 5.10 Å². The van der Waals surface area contributed by atoms with E-state index in [4.69, 9.17) is 5.10 Å². The van der Waals surface area contributed by atoms with Gasteiger partial charge in [-0.15, -0.1) is 15.5 Å². The number of carboxylic acid groups (broad SMARTS) is 1. The molecular formula is C30H25F2N3O4S2. The predicted molar refractivity (Wildman–Crippen MR) is 150 cm³/mol. The second kappa shape index (κ2) is 11.3. The van der Waals surface area contributed by atoms with Gasteiger partial charge in [0, 0.05) is 29.3 Å². The minimum absolute atomic E-state index is 0.0969. The summed E-state index contributed by atoms with van der Waals surface area (Å²) in [6, 6.07) is 8.64. The van der Waals surface area contributed by atoms with Crippen LogP contribution in [0.3, 0.4) is 0 Å². The maximum atomic E-state index is 14.7. The molecule has 210 valence electrons. The van der Waals surface area contributed by atoms with E-state index in [-0.39, 0.29) is 22.6 Å². The molecule has 0 radical (unpaired) electrons. The fraction of sp³-hybridized carbons (Fsp3) is 0.300. The van der Waals surface area contributed by atoms with Crippen LogP contribution in [-0.2, 0) is 28.1 Å². The molecule has 2 aliphatic rings. The van der Waals surface area contributed by atoms with Crippen LogP contribution in [0.4, 0.5) is 8.78 Å². The molecular weight excluding hydrogens is 568 g/mol. The molecule has 1 N–H and O–H groups in total. The molecule has 2 heterocycles. The lowest BCUT2D eigenvalue weighted by Gasteiger charge is -2.10. The molecule has 2 aliphatic carbocycles. The minimum Gasteiger partial charge on any atom is -0.612 e. The van der Waals surface area contributed by atoms with Gasteiger partial charge in [-0.3, -0.25) is 0 Å². The number of thiol groups is 1. The van der Waals surface area contributed by atoms with Crippen LogP contribution in [0, 0.1) is 35.3 Å². The summed E-state index contributed by atoms with van der Waals surface area (Å²) < 4.78 is 53.8. The number of rotatable bonds is 9. The number of nitrogens with zero attached hydrogens (tertiary/aromatic N) is 3. The van der Waals surface area contributed by atoms with Crippen molar-refractivity contribution in [1.29, 1.82) is 0 Å². The highest BCUT2D eigenvalue weighted by Crippen LogP contribution is 2.38. The van der Waals surface area contributed by atoms with E-state index in [0.717, 1.165) is 54.7 Å². The van der Waals surface area contributed by atoms with E-state index in [9.17, 15) is 27.4 Å². The largest absolute Gasteiger partial charge is 0.612 e. The highest BCUT2D eigenvalue weighted by Gasteiger charge is 2.30. The number of halogens is 2. The second-order valence-electron chi connectivity index (χ2n) is 10.5. The molecule has 1 atom stereocenters. The number of carboxylic acids is 1. The summed E-state index contributed by atoms with van der Waals surface area (Å²) in [5.74, 6) is 4.61. The summed E-state index contributed by atoms with van der Waals surface area (Å²) in [7, 11) is 0. The normalized spacial score (nSPS) is 15.4. The summed E-state index contributed by atoms with van der Waals surface area (Å²) in [5, 5.41) is 16.1. The smallest absolute Gasteiger partial charge is 0.355 e. The van der Waals surface area contributed by atoms with Crippen LogP contribution in [0.15, 0.2) is 46.7 Å². The molecule has 11 heteroatoms. The number of aromatic nitrogens is 3. The van der Waals surface area contributed by atoms with Crippen molar-refractivity contribution in [3.05, 3.63) is 81.5 Å². The van der Waals surface area contributed by atoms with Gasteiger partial charge in [0.2, 0.25) is 5.13 Å². The summed E-state index contributed by atoms with van der Waals surface area (Å²) in [6.07, 6.45) is 5.96. The Kier molecular flexibility index (Phi) is 7.55. The Labute approximate surface area is 241 Å². The molecule has 0 amide bonds. The van der Waals surface area contributed by atoms with Gasteiger partial charge in [-0.1, -0.05) is 17.9 Å². The standard InChI is InChI=1S/C30H25F2N3O4S2/c31-23-10-9-21(15-20(23)3-1-2-17-4-5-17)28-22(12-19-8-11-27(41(38)39)24(32)13-19)26(14-18-6-7-18)35(34-28)30-33-25(16-40-30)29(36)37/h8-11,13,15-18,41H,2,4-7,12,14H2,(H-,36,37,38,39). The van der Waals surface area contributed by atoms with Gasteiger partial charge in [-0.25, -0.2) is 23.2 Å². The lowest BCUT2D eigenvalue weighted by Crippen LogP contribution is -2.06. The zero-order valence-electron chi connectivity index (χ0n) is 21.8. The monoisotopic (exact) mass is 593 g/mol. The van der Waals surface area contributed by atoms with Crippen molar-refractivity contribution in [2.45, 2.75) is 49.8 Å². The average Bonchev–Trinajstić information content (AvgIpc) is 3.85. The van der Waals surface area contributed by atoms with Crippen LogP contribution in [0.25, 0.3) is 16.4 Å². The molecule has 2 fully saturated rings. The highest BCUT2D eigenvalue weighted by atomic mass is 32.2. The third kappa shape index (κ3) is 6.15. The van der Waals surface area contributed by atoms with Crippen LogP contribution in [0.2, 0.25) is 0 Å². The van der Waals surface area contributed by atoms with Crippen LogP contribution < -0.4 is 0 Å². The molecule has 2 aromatic heterocycles. The third-order valence-electron chi connectivity index (χ3n) is 7.30. The predicted octanol–water partition coefficient (Wildman–Crippen LogP) is 5.85. The van der Waals surface area contributed by atoms with E-state index in [1.807, 2.05) is 0 Å². The molecule has 1 unspecified atom stereocenters. The summed E-state index contributed by atoms with van der Waals surface area (Å²) in [4.78, 5) is 15.4. The van der Waals surface area contributed by atoms with Gasteiger partial charge in [0.15, 0.2) is 16.4 Å². The topological polar surface area (TPSA) is 108 Å². The minimum atomic E-state index is -3.08. The highest BCUT2D eigenvalue weighted by molar-refractivity contribution is 7.79. The Morgan fingerprint density at radius 3 is 2.56 bits per heavy atom. The second-order valence-corrected chi connectivity index (χ2v) is 12.3. The van der Waals surface area contributed by atoms with Crippen LogP contribution >= 0.6 is 11.3 Å². The fourth-order valence-electron chi connectivity index (χ4n) is 4.72. The van der Waals surface area contributed by atoms with E-state index in [0.29, 0.717) is 40.2 Å². The first kappa shape index (κ1) is 27.4. The van der Waals surface area contributed by atoms with Gasteiger partial charge < -0.3 is 9.66 Å². The molecule has 4 aromatic rings. The van der Waals surface area contributed by atoms with E-state index in [2.05, 4.69) is 16.8 Å². The van der Waals surface area contributed by atoms with E-state index >= 15 is 0 Å². The number of thiazole rings is 1. The molecule has 0 saturated heterocycles. The SMILES string of the molecule is O=C(O)c1csc(-n2nc(-c3ccc(F)c(C#CCC4CC4)c3)c(Cc3ccc([SH+](=O)[O-])c(F)c3)c2CC2CC2)n1. The average molecular weight is 594 g/mol. The molecule has 2 aromatic carbocycles. The van der Waals surface area contributed by atoms with Crippen LogP contribution in [-0.4, -0.2) is 30.4 Å². The van der Waals surface area contributed by atoms with E-state index in [1.54, 1.807) is 22.9 Å². The maximum Gasteiger partial charge on any atom is 0.355 e. The third-order valence-corrected chi connectivity index (χ3v) is 8.87. The Morgan fingerprint density at radius 1 is 1.12 bits per heavy atom. The quantitative estimate of drug-likeness (QED) is 0.148. The summed E-state index contributed by atoms with van der Waals surface area (Å²) >= 11 is -1.93. The van der Waals surface area contributed by atoms with E-state index < -0.39 is 28.7 Å².